The Balaban J connectivity index is 2.06. The molecule has 5 heteroatoms. The number of halogens is 1. The van der Waals surface area contributed by atoms with E-state index in [9.17, 15) is 0 Å². The maximum absolute atomic E-state index is 9.13. The monoisotopic (exact) mass is 276 g/mol. The van der Waals surface area contributed by atoms with E-state index in [2.05, 4.69) is 0 Å². The number of ether oxygens (including phenoxy) is 1. The Bertz CT molecular complexity index is 572. The van der Waals surface area contributed by atoms with Crippen molar-refractivity contribution in [1.29, 1.82) is 0 Å². The van der Waals surface area contributed by atoms with Gasteiger partial charge in [-0.25, -0.2) is 0 Å². The van der Waals surface area contributed by atoms with Gasteiger partial charge in [-0.3, -0.25) is 0 Å². The summed E-state index contributed by atoms with van der Waals surface area (Å²) in [5.41, 5.74) is 2.24. The van der Waals surface area contributed by atoms with Gasteiger partial charge < -0.3 is 14.8 Å². The Labute approximate surface area is 117 Å². The smallest absolute Gasteiger partial charge is 0.488 e. The molecule has 0 saturated carbocycles. The van der Waals surface area contributed by atoms with Crippen molar-refractivity contribution >= 4 is 24.2 Å². The molecule has 0 bridgehead atoms. The molecule has 2 aromatic carbocycles. The highest BCUT2D eigenvalue weighted by molar-refractivity contribution is 6.59. The number of rotatable bonds is 4. The third-order valence-corrected chi connectivity index (χ3v) is 3.05. The van der Waals surface area contributed by atoms with Crippen LogP contribution < -0.4 is 10.2 Å². The van der Waals surface area contributed by atoms with Crippen LogP contribution in [0.4, 0.5) is 0 Å². The van der Waals surface area contributed by atoms with Gasteiger partial charge in [-0.2, -0.15) is 0 Å². The molecule has 2 rings (SSSR count). The molecule has 0 heterocycles. The van der Waals surface area contributed by atoms with E-state index in [1.165, 1.54) is 0 Å². The summed E-state index contributed by atoms with van der Waals surface area (Å²) in [5, 5.41) is 18.9. The predicted octanol–water partition coefficient (Wildman–Crippen LogP) is 1.91. The van der Waals surface area contributed by atoms with E-state index in [-0.39, 0.29) is 0 Å². The fraction of sp³-hybridized carbons (Fsp3) is 0.143. The van der Waals surface area contributed by atoms with Gasteiger partial charge in [0.1, 0.15) is 12.4 Å². The number of hydrogen-bond donors (Lipinski definition) is 2. The fourth-order valence-electron chi connectivity index (χ4n) is 1.82. The molecule has 2 aromatic rings. The van der Waals surface area contributed by atoms with Crippen LogP contribution in [0.15, 0.2) is 42.5 Å². The third kappa shape index (κ3) is 3.74. The van der Waals surface area contributed by atoms with Gasteiger partial charge >= 0.3 is 7.12 Å². The zero-order valence-electron chi connectivity index (χ0n) is 10.5. The van der Waals surface area contributed by atoms with Gasteiger partial charge in [0.2, 0.25) is 0 Å². The van der Waals surface area contributed by atoms with Crippen molar-refractivity contribution in [3.63, 3.8) is 0 Å². The summed E-state index contributed by atoms with van der Waals surface area (Å²) in [4.78, 5) is 0. The number of aryl methyl sites for hydroxylation is 1. The van der Waals surface area contributed by atoms with E-state index >= 15 is 0 Å². The van der Waals surface area contributed by atoms with Crippen LogP contribution in [0.5, 0.6) is 5.75 Å². The maximum atomic E-state index is 9.13. The molecule has 0 aliphatic carbocycles. The Morgan fingerprint density at radius 1 is 1.16 bits per heavy atom. The highest BCUT2D eigenvalue weighted by Gasteiger charge is 2.13. The Hall–Kier alpha value is -1.49. The normalized spacial score (nSPS) is 10.3. The Morgan fingerprint density at radius 2 is 1.95 bits per heavy atom. The van der Waals surface area contributed by atoms with Gasteiger partial charge in [-0.1, -0.05) is 29.8 Å². The molecule has 98 valence electrons. The number of hydrogen-bond acceptors (Lipinski definition) is 3. The molecule has 0 spiro atoms. The van der Waals surface area contributed by atoms with Crippen LogP contribution in [-0.4, -0.2) is 17.2 Å². The summed E-state index contributed by atoms with van der Waals surface area (Å²) in [6.07, 6.45) is 0. The van der Waals surface area contributed by atoms with Gasteiger partial charge in [0.15, 0.2) is 0 Å². The summed E-state index contributed by atoms with van der Waals surface area (Å²) in [5.74, 6) is 0.682. The first-order chi connectivity index (χ1) is 9.06. The molecule has 0 fully saturated rings. The van der Waals surface area contributed by atoms with Crippen LogP contribution >= 0.6 is 11.6 Å². The van der Waals surface area contributed by atoms with Crippen molar-refractivity contribution in [1.82, 2.24) is 0 Å². The van der Waals surface area contributed by atoms with Crippen molar-refractivity contribution in [3.8, 4) is 5.75 Å². The van der Waals surface area contributed by atoms with Crippen LogP contribution in [-0.2, 0) is 6.61 Å². The van der Waals surface area contributed by atoms with Crippen molar-refractivity contribution in [2.45, 2.75) is 13.5 Å². The minimum absolute atomic E-state index is 0.418. The molecule has 0 atom stereocenters. The standard InChI is InChI=1S/C14H14BClO3/c1-10-7-13(5-6-14(10)15(17)18)19-9-11-3-2-4-12(16)8-11/h2-8,17-18H,9H2,1H3. The molecule has 0 aromatic heterocycles. The molecule has 2 N–H and O–H groups in total. The van der Waals surface area contributed by atoms with Crippen molar-refractivity contribution < 1.29 is 14.8 Å². The van der Waals surface area contributed by atoms with E-state index in [1.807, 2.05) is 24.3 Å². The average Bonchev–Trinajstić information content (AvgIpc) is 2.36. The predicted molar refractivity (Wildman–Crippen MR) is 76.8 cm³/mol. The molecule has 0 radical (unpaired) electrons. The zero-order chi connectivity index (χ0) is 13.8. The molecule has 0 amide bonds. The van der Waals surface area contributed by atoms with Crippen LogP contribution in [0.25, 0.3) is 0 Å². The van der Waals surface area contributed by atoms with E-state index in [4.69, 9.17) is 26.4 Å². The molecule has 19 heavy (non-hydrogen) atoms. The van der Waals surface area contributed by atoms with E-state index in [0.29, 0.717) is 22.8 Å². The van der Waals surface area contributed by atoms with Crippen LogP contribution in [0.1, 0.15) is 11.1 Å². The molecule has 0 unspecified atom stereocenters. The lowest BCUT2D eigenvalue weighted by atomic mass is 9.77. The lowest BCUT2D eigenvalue weighted by molar-refractivity contribution is 0.306. The van der Waals surface area contributed by atoms with E-state index in [0.717, 1.165) is 11.1 Å². The van der Waals surface area contributed by atoms with E-state index in [1.54, 1.807) is 25.1 Å². The summed E-state index contributed by atoms with van der Waals surface area (Å²) in [6, 6.07) is 12.6. The summed E-state index contributed by atoms with van der Waals surface area (Å²) in [7, 11) is -1.46. The fourth-order valence-corrected chi connectivity index (χ4v) is 2.03. The first-order valence-electron chi connectivity index (χ1n) is 5.90. The van der Waals surface area contributed by atoms with Crippen molar-refractivity contribution in [2.75, 3.05) is 0 Å². The summed E-state index contributed by atoms with van der Waals surface area (Å²) < 4.78 is 5.64. The van der Waals surface area contributed by atoms with Crippen molar-refractivity contribution in [2.24, 2.45) is 0 Å². The van der Waals surface area contributed by atoms with Gasteiger partial charge in [0, 0.05) is 5.02 Å². The van der Waals surface area contributed by atoms with Gasteiger partial charge in [0.25, 0.3) is 0 Å². The molecular weight excluding hydrogens is 262 g/mol. The van der Waals surface area contributed by atoms with Gasteiger partial charge in [-0.15, -0.1) is 0 Å². The summed E-state index contributed by atoms with van der Waals surface area (Å²) in [6.45, 7) is 2.22. The Kier molecular flexibility index (Phi) is 4.48. The molecule has 0 saturated heterocycles. The van der Waals surface area contributed by atoms with E-state index < -0.39 is 7.12 Å². The average molecular weight is 277 g/mol. The molecule has 0 aliphatic heterocycles. The van der Waals surface area contributed by atoms with Gasteiger partial charge in [0.05, 0.1) is 0 Å². The van der Waals surface area contributed by atoms with Crippen LogP contribution in [0.3, 0.4) is 0 Å². The number of benzene rings is 2. The minimum atomic E-state index is -1.46. The van der Waals surface area contributed by atoms with Crippen LogP contribution in [0, 0.1) is 6.92 Å². The highest BCUT2D eigenvalue weighted by Crippen LogP contribution is 2.16. The van der Waals surface area contributed by atoms with Gasteiger partial charge in [-0.05, 0) is 47.8 Å². The SMILES string of the molecule is Cc1cc(OCc2cccc(Cl)c2)ccc1B(O)O. The first kappa shape index (κ1) is 13.9. The second kappa shape index (κ2) is 6.11. The second-order valence-corrected chi connectivity index (χ2v) is 4.75. The third-order valence-electron chi connectivity index (χ3n) is 2.81. The zero-order valence-corrected chi connectivity index (χ0v) is 11.3. The largest absolute Gasteiger partial charge is 0.489 e. The molecular formula is C14H14BClO3. The summed E-state index contributed by atoms with van der Waals surface area (Å²) >= 11 is 5.90. The Morgan fingerprint density at radius 3 is 2.58 bits per heavy atom. The topological polar surface area (TPSA) is 49.7 Å². The lowest BCUT2D eigenvalue weighted by Gasteiger charge is -2.10. The lowest BCUT2D eigenvalue weighted by Crippen LogP contribution is -2.31. The van der Waals surface area contributed by atoms with Crippen LogP contribution in [0.2, 0.25) is 5.02 Å². The molecule has 3 nitrogen and oxygen atoms in total. The first-order valence-corrected chi connectivity index (χ1v) is 6.28. The van der Waals surface area contributed by atoms with Crippen molar-refractivity contribution in [3.05, 3.63) is 58.6 Å². The quantitative estimate of drug-likeness (QED) is 0.839. The maximum Gasteiger partial charge on any atom is 0.488 e. The highest BCUT2D eigenvalue weighted by atomic mass is 35.5. The molecule has 0 aliphatic rings. The second-order valence-electron chi connectivity index (χ2n) is 4.31. The minimum Gasteiger partial charge on any atom is -0.489 e.